The lowest BCUT2D eigenvalue weighted by Gasteiger charge is -2.12. The van der Waals surface area contributed by atoms with Gasteiger partial charge in [0.1, 0.15) is 10.6 Å². The molecule has 1 atom stereocenters. The van der Waals surface area contributed by atoms with Crippen molar-refractivity contribution >= 4 is 10.0 Å². The number of hydrogen-bond acceptors (Lipinski definition) is 4. The summed E-state index contributed by atoms with van der Waals surface area (Å²) < 4.78 is 27.5. The number of benzene rings is 1. The van der Waals surface area contributed by atoms with Crippen LogP contribution < -0.4 is 15.6 Å². The van der Waals surface area contributed by atoms with Crippen molar-refractivity contribution < 1.29 is 13.2 Å². The molecule has 0 aliphatic heterocycles. The summed E-state index contributed by atoms with van der Waals surface area (Å²) in [5, 5.41) is 5.06. The van der Waals surface area contributed by atoms with Crippen LogP contribution >= 0.6 is 0 Å². The van der Waals surface area contributed by atoms with Crippen molar-refractivity contribution in [2.24, 2.45) is 10.9 Å². The van der Waals surface area contributed by atoms with Gasteiger partial charge in [0, 0.05) is 0 Å². The lowest BCUT2D eigenvalue weighted by atomic mass is 10.0. The highest BCUT2D eigenvalue weighted by Crippen LogP contribution is 2.26. The highest BCUT2D eigenvalue weighted by molar-refractivity contribution is 7.89. The topological polar surface area (TPSA) is 95.4 Å². The van der Waals surface area contributed by atoms with Gasteiger partial charge in [0.15, 0.2) is 0 Å². The summed E-state index contributed by atoms with van der Waals surface area (Å²) in [4.78, 5) is -0.0111. The molecule has 6 heteroatoms. The average Bonchev–Trinajstić information content (AvgIpc) is 2.25. The fourth-order valence-corrected chi connectivity index (χ4v) is 2.04. The van der Waals surface area contributed by atoms with Crippen LogP contribution in [0.1, 0.15) is 18.4 Å². The first-order valence-electron chi connectivity index (χ1n) is 4.81. The first kappa shape index (κ1) is 13.0. The Labute approximate surface area is 95.4 Å². The van der Waals surface area contributed by atoms with E-state index < -0.39 is 10.0 Å². The summed E-state index contributed by atoms with van der Waals surface area (Å²) in [6.45, 7) is 2.43. The predicted molar refractivity (Wildman–Crippen MR) is 61.8 cm³/mol. The third-order valence-electron chi connectivity index (χ3n) is 2.42. The van der Waals surface area contributed by atoms with E-state index in [1.165, 1.54) is 13.2 Å². The Bertz CT molecular complexity index is 471. The second-order valence-electron chi connectivity index (χ2n) is 3.59. The molecular formula is C10H16N2O3S. The molecule has 0 bridgehead atoms. The Hall–Kier alpha value is -1.11. The zero-order valence-corrected chi connectivity index (χ0v) is 10.1. The van der Waals surface area contributed by atoms with Gasteiger partial charge in [-0.15, -0.1) is 0 Å². The van der Waals surface area contributed by atoms with E-state index in [1.807, 2.05) is 6.92 Å². The summed E-state index contributed by atoms with van der Waals surface area (Å²) in [5.41, 5.74) is 6.46. The summed E-state index contributed by atoms with van der Waals surface area (Å²) in [5.74, 6) is 0.392. The molecule has 0 saturated carbocycles. The highest BCUT2D eigenvalue weighted by atomic mass is 32.2. The van der Waals surface area contributed by atoms with Crippen LogP contribution in [-0.2, 0) is 10.0 Å². The van der Waals surface area contributed by atoms with Gasteiger partial charge in [0.2, 0.25) is 10.0 Å². The Balaban J connectivity index is 3.28. The molecule has 1 aromatic rings. The molecule has 0 aliphatic carbocycles. The molecule has 1 rings (SSSR count). The van der Waals surface area contributed by atoms with Gasteiger partial charge in [-0.2, -0.15) is 0 Å². The molecule has 4 N–H and O–H groups in total. The summed E-state index contributed by atoms with van der Waals surface area (Å²) in [6, 6.07) is 4.78. The van der Waals surface area contributed by atoms with Gasteiger partial charge in [0.25, 0.3) is 0 Å². The van der Waals surface area contributed by atoms with Crippen LogP contribution in [0.3, 0.4) is 0 Å². The number of ether oxygens (including phenoxy) is 1. The number of sulfonamides is 1. The minimum atomic E-state index is -3.75. The lowest BCUT2D eigenvalue weighted by molar-refractivity contribution is 0.402. The van der Waals surface area contributed by atoms with Crippen molar-refractivity contribution in [2.75, 3.05) is 13.7 Å². The van der Waals surface area contributed by atoms with Crippen LogP contribution in [0.4, 0.5) is 0 Å². The number of hydrogen-bond donors (Lipinski definition) is 2. The van der Waals surface area contributed by atoms with Crippen LogP contribution in [0.25, 0.3) is 0 Å². The molecule has 1 unspecified atom stereocenters. The smallest absolute Gasteiger partial charge is 0.241 e. The molecule has 0 heterocycles. The van der Waals surface area contributed by atoms with Crippen LogP contribution in [0, 0.1) is 0 Å². The Morgan fingerprint density at radius 1 is 1.44 bits per heavy atom. The van der Waals surface area contributed by atoms with Crippen LogP contribution in [-0.4, -0.2) is 22.1 Å². The van der Waals surface area contributed by atoms with Gasteiger partial charge in [-0.1, -0.05) is 13.0 Å². The third-order valence-corrected chi connectivity index (χ3v) is 3.37. The number of methoxy groups -OCH3 is 1. The molecule has 90 valence electrons. The minimum absolute atomic E-state index is 0.0111. The zero-order chi connectivity index (χ0) is 12.3. The molecule has 0 saturated heterocycles. The predicted octanol–water partition coefficient (Wildman–Crippen LogP) is 0.405. The van der Waals surface area contributed by atoms with Crippen LogP contribution in [0.2, 0.25) is 0 Å². The second kappa shape index (κ2) is 4.82. The minimum Gasteiger partial charge on any atom is -0.495 e. The lowest BCUT2D eigenvalue weighted by Crippen LogP contribution is -2.14. The normalized spacial score (nSPS) is 13.5. The van der Waals surface area contributed by atoms with E-state index in [2.05, 4.69) is 0 Å². The van der Waals surface area contributed by atoms with Crippen molar-refractivity contribution in [1.82, 2.24) is 0 Å². The maximum atomic E-state index is 11.2. The quantitative estimate of drug-likeness (QED) is 0.801. The molecule has 0 aliphatic rings. The SMILES string of the molecule is COc1cc(C(C)CN)ccc1S(N)(=O)=O. The van der Waals surface area contributed by atoms with Gasteiger partial charge in [-0.3, -0.25) is 0 Å². The fourth-order valence-electron chi connectivity index (χ4n) is 1.36. The number of rotatable bonds is 4. The van der Waals surface area contributed by atoms with Crippen molar-refractivity contribution in [3.05, 3.63) is 23.8 Å². The maximum absolute atomic E-state index is 11.2. The Morgan fingerprint density at radius 2 is 2.06 bits per heavy atom. The first-order chi connectivity index (χ1) is 7.40. The van der Waals surface area contributed by atoms with E-state index in [1.54, 1.807) is 12.1 Å². The molecule has 5 nitrogen and oxygen atoms in total. The summed E-state index contributed by atoms with van der Waals surface area (Å²) in [7, 11) is -2.35. The van der Waals surface area contributed by atoms with E-state index in [4.69, 9.17) is 15.6 Å². The van der Waals surface area contributed by atoms with Crippen molar-refractivity contribution in [2.45, 2.75) is 17.7 Å². The van der Waals surface area contributed by atoms with Crippen LogP contribution in [0.5, 0.6) is 5.75 Å². The van der Waals surface area contributed by atoms with Crippen molar-refractivity contribution in [3.8, 4) is 5.75 Å². The molecule has 0 spiro atoms. The standard InChI is InChI=1S/C10H16N2O3S/c1-7(6-11)8-3-4-10(16(12,13)14)9(5-8)15-2/h3-5,7H,6,11H2,1-2H3,(H2,12,13,14). The average molecular weight is 244 g/mol. The molecule has 1 aromatic carbocycles. The molecule has 16 heavy (non-hydrogen) atoms. The van der Waals surface area contributed by atoms with E-state index >= 15 is 0 Å². The molecular weight excluding hydrogens is 228 g/mol. The van der Waals surface area contributed by atoms with Crippen molar-refractivity contribution in [1.29, 1.82) is 0 Å². The molecule has 0 radical (unpaired) electrons. The Morgan fingerprint density at radius 3 is 2.50 bits per heavy atom. The largest absolute Gasteiger partial charge is 0.495 e. The summed E-state index contributed by atoms with van der Waals surface area (Å²) in [6.07, 6.45) is 0. The zero-order valence-electron chi connectivity index (χ0n) is 9.30. The monoisotopic (exact) mass is 244 g/mol. The van der Waals surface area contributed by atoms with E-state index in [0.29, 0.717) is 6.54 Å². The maximum Gasteiger partial charge on any atom is 0.241 e. The number of primary sulfonamides is 1. The van der Waals surface area contributed by atoms with Gasteiger partial charge in [-0.25, -0.2) is 13.6 Å². The highest BCUT2D eigenvalue weighted by Gasteiger charge is 2.16. The molecule has 0 aromatic heterocycles. The third kappa shape index (κ3) is 2.72. The first-order valence-corrected chi connectivity index (χ1v) is 6.35. The van der Waals surface area contributed by atoms with E-state index in [0.717, 1.165) is 5.56 Å². The van der Waals surface area contributed by atoms with Gasteiger partial charge in [-0.05, 0) is 30.2 Å². The molecule has 0 fully saturated rings. The molecule has 0 amide bonds. The van der Waals surface area contributed by atoms with Gasteiger partial charge in [0.05, 0.1) is 7.11 Å². The summed E-state index contributed by atoms with van der Waals surface area (Å²) >= 11 is 0. The Kier molecular flexibility index (Phi) is 3.90. The fraction of sp³-hybridized carbons (Fsp3) is 0.400. The van der Waals surface area contributed by atoms with E-state index in [-0.39, 0.29) is 16.6 Å². The van der Waals surface area contributed by atoms with Crippen molar-refractivity contribution in [3.63, 3.8) is 0 Å². The number of nitrogens with two attached hydrogens (primary N) is 2. The van der Waals surface area contributed by atoms with Crippen LogP contribution in [0.15, 0.2) is 23.1 Å². The second-order valence-corrected chi connectivity index (χ2v) is 5.12. The van der Waals surface area contributed by atoms with E-state index in [9.17, 15) is 8.42 Å². The van der Waals surface area contributed by atoms with Gasteiger partial charge >= 0.3 is 0 Å². The van der Waals surface area contributed by atoms with Gasteiger partial charge < -0.3 is 10.5 Å².